The Morgan fingerprint density at radius 2 is 1.42 bits per heavy atom. The van der Waals surface area contributed by atoms with E-state index in [9.17, 15) is 9.00 Å². The molecule has 4 nitrogen and oxygen atoms in total. The largest absolute Gasteiger partial charge is 0.380 e. The maximum atomic E-state index is 12.9. The van der Waals surface area contributed by atoms with Crippen molar-refractivity contribution in [3.05, 3.63) is 102 Å². The van der Waals surface area contributed by atoms with Gasteiger partial charge in [0.05, 0.1) is 0 Å². The molecule has 5 heteroatoms. The molecule has 3 rings (SSSR count). The highest BCUT2D eigenvalue weighted by Gasteiger charge is 2.26. The average Bonchev–Trinajstić information content (AvgIpc) is 2.69. The summed E-state index contributed by atoms with van der Waals surface area (Å²) >= 11 is -2.12. The number of rotatable bonds is 7. The summed E-state index contributed by atoms with van der Waals surface area (Å²) in [6.45, 7) is 1.95. The Hall–Kier alpha value is -2.76. The minimum Gasteiger partial charge on any atom is -0.380 e. The summed E-state index contributed by atoms with van der Waals surface area (Å²) in [4.78, 5) is 12.9. The number of benzene rings is 3. The van der Waals surface area contributed by atoms with Crippen LogP contribution >= 0.6 is 0 Å². The summed E-state index contributed by atoms with van der Waals surface area (Å²) in [6.07, 6.45) is -1.02. The molecular formula is C21H18O4S. The third kappa shape index (κ3) is 4.65. The number of carbonyl (C=O) groups excluding carboxylic acids is 1. The molecule has 0 saturated heterocycles. The van der Waals surface area contributed by atoms with Crippen molar-refractivity contribution in [1.29, 1.82) is 0 Å². The van der Waals surface area contributed by atoms with Crippen molar-refractivity contribution in [1.82, 2.24) is 0 Å². The monoisotopic (exact) mass is 366 g/mol. The molecule has 0 heterocycles. The van der Waals surface area contributed by atoms with Gasteiger partial charge in [-0.3, -0.25) is 4.79 Å². The van der Waals surface area contributed by atoms with Crippen LogP contribution in [0.3, 0.4) is 0 Å². The van der Waals surface area contributed by atoms with Crippen molar-refractivity contribution < 1.29 is 17.4 Å². The molecule has 3 aromatic carbocycles. The second-order valence-corrected chi connectivity index (χ2v) is 6.49. The minimum absolute atomic E-state index is 0.280. The molecule has 0 radical (unpaired) electrons. The van der Waals surface area contributed by atoms with E-state index in [4.69, 9.17) is 8.37 Å². The van der Waals surface area contributed by atoms with E-state index < -0.39 is 17.5 Å². The first-order valence-electron chi connectivity index (χ1n) is 8.11. The summed E-state index contributed by atoms with van der Waals surface area (Å²) < 4.78 is 23.1. The normalized spacial score (nSPS) is 13.0. The molecule has 0 bridgehead atoms. The standard InChI is InChI=1S/C21H18O4S/c1-16-12-14-19(15-13-16)24-26(23)25-21(18-10-6-3-7-11-18)20(22)17-8-4-2-5-9-17/h2-15,21H,1H3. The predicted molar refractivity (Wildman–Crippen MR) is 101 cm³/mol. The molecule has 132 valence electrons. The van der Waals surface area contributed by atoms with E-state index in [-0.39, 0.29) is 5.78 Å². The van der Waals surface area contributed by atoms with Gasteiger partial charge in [0.15, 0.2) is 11.9 Å². The fraction of sp³-hybridized carbons (Fsp3) is 0.0952. The zero-order chi connectivity index (χ0) is 18.4. The Morgan fingerprint density at radius 3 is 2.04 bits per heavy atom. The van der Waals surface area contributed by atoms with Crippen LogP contribution in [0.1, 0.15) is 27.6 Å². The fourth-order valence-corrected chi connectivity index (χ4v) is 3.07. The maximum absolute atomic E-state index is 12.9. The van der Waals surface area contributed by atoms with E-state index in [0.717, 1.165) is 5.56 Å². The number of hydrogen-bond acceptors (Lipinski definition) is 4. The van der Waals surface area contributed by atoms with Crippen molar-refractivity contribution in [3.63, 3.8) is 0 Å². The lowest BCUT2D eigenvalue weighted by Crippen LogP contribution is -2.19. The Morgan fingerprint density at radius 1 is 0.846 bits per heavy atom. The van der Waals surface area contributed by atoms with Crippen LogP contribution < -0.4 is 4.18 Å². The number of carbonyl (C=O) groups is 1. The quantitative estimate of drug-likeness (QED) is 0.574. The Bertz CT molecular complexity index is 877. The second-order valence-electron chi connectivity index (χ2n) is 5.72. The molecule has 2 atom stereocenters. The topological polar surface area (TPSA) is 52.6 Å². The predicted octanol–water partition coefficient (Wildman–Crippen LogP) is 4.59. The zero-order valence-electron chi connectivity index (χ0n) is 14.2. The van der Waals surface area contributed by atoms with Gasteiger partial charge in [-0.2, -0.15) is 4.21 Å². The molecule has 0 amide bonds. The van der Waals surface area contributed by atoms with Crippen LogP contribution in [0.25, 0.3) is 0 Å². The van der Waals surface area contributed by atoms with Crippen LogP contribution in [0, 0.1) is 6.92 Å². The number of Topliss-reactive ketones (excluding diaryl/α,β-unsaturated/α-hetero) is 1. The van der Waals surface area contributed by atoms with Gasteiger partial charge in [0, 0.05) is 5.56 Å². The third-order valence-corrected chi connectivity index (χ3v) is 4.44. The van der Waals surface area contributed by atoms with E-state index >= 15 is 0 Å². The molecule has 3 aromatic rings. The van der Waals surface area contributed by atoms with Gasteiger partial charge in [0.25, 0.3) is 0 Å². The van der Waals surface area contributed by atoms with Crippen molar-refractivity contribution in [3.8, 4) is 5.75 Å². The maximum Gasteiger partial charge on any atom is 0.361 e. The van der Waals surface area contributed by atoms with Gasteiger partial charge in [-0.1, -0.05) is 78.4 Å². The summed E-state index contributed by atoms with van der Waals surface area (Å²) in [5, 5.41) is 0. The molecular weight excluding hydrogens is 348 g/mol. The van der Waals surface area contributed by atoms with Crippen LogP contribution in [-0.4, -0.2) is 9.99 Å². The Kier molecular flexibility index (Phi) is 5.94. The van der Waals surface area contributed by atoms with E-state index in [1.54, 1.807) is 60.7 Å². The van der Waals surface area contributed by atoms with E-state index in [1.807, 2.05) is 31.2 Å². The van der Waals surface area contributed by atoms with E-state index in [2.05, 4.69) is 0 Å². The van der Waals surface area contributed by atoms with Crippen molar-refractivity contribution in [2.24, 2.45) is 0 Å². The molecule has 0 aromatic heterocycles. The lowest BCUT2D eigenvalue weighted by atomic mass is 10.0. The van der Waals surface area contributed by atoms with Crippen molar-refractivity contribution >= 4 is 17.1 Å². The van der Waals surface area contributed by atoms with Crippen LogP contribution in [0.15, 0.2) is 84.9 Å². The van der Waals surface area contributed by atoms with E-state index in [0.29, 0.717) is 16.9 Å². The van der Waals surface area contributed by atoms with Crippen LogP contribution in [0.2, 0.25) is 0 Å². The van der Waals surface area contributed by atoms with Gasteiger partial charge in [-0.15, -0.1) is 0 Å². The molecule has 0 aliphatic rings. The van der Waals surface area contributed by atoms with Gasteiger partial charge >= 0.3 is 11.4 Å². The van der Waals surface area contributed by atoms with Gasteiger partial charge in [0.1, 0.15) is 5.75 Å². The summed E-state index contributed by atoms with van der Waals surface area (Å²) in [5.41, 5.74) is 2.15. The molecule has 0 aliphatic carbocycles. The number of ketones is 1. The highest BCUT2D eigenvalue weighted by atomic mass is 32.2. The minimum atomic E-state index is -2.12. The first kappa shape index (κ1) is 18.0. The Balaban J connectivity index is 1.80. The average molecular weight is 366 g/mol. The molecule has 0 aliphatic heterocycles. The molecule has 0 fully saturated rings. The molecule has 0 N–H and O–H groups in total. The van der Waals surface area contributed by atoms with Crippen LogP contribution in [-0.2, 0) is 15.5 Å². The zero-order valence-corrected chi connectivity index (χ0v) is 15.0. The number of hydrogen-bond donors (Lipinski definition) is 0. The highest BCUT2D eigenvalue weighted by molar-refractivity contribution is 7.75. The summed E-state index contributed by atoms with van der Waals surface area (Å²) in [7, 11) is 0. The molecule has 26 heavy (non-hydrogen) atoms. The van der Waals surface area contributed by atoms with Gasteiger partial charge in [-0.25, -0.2) is 4.18 Å². The third-order valence-electron chi connectivity index (χ3n) is 3.76. The van der Waals surface area contributed by atoms with Gasteiger partial charge in [0.2, 0.25) is 0 Å². The number of aryl methyl sites for hydroxylation is 1. The first-order chi connectivity index (χ1) is 12.6. The van der Waals surface area contributed by atoms with Gasteiger partial charge < -0.3 is 4.18 Å². The Labute approximate surface area is 155 Å². The van der Waals surface area contributed by atoms with Crippen molar-refractivity contribution in [2.75, 3.05) is 0 Å². The SMILES string of the molecule is Cc1ccc(OS(=O)OC(C(=O)c2ccccc2)c2ccccc2)cc1. The van der Waals surface area contributed by atoms with Crippen molar-refractivity contribution in [2.45, 2.75) is 13.0 Å². The van der Waals surface area contributed by atoms with Gasteiger partial charge in [-0.05, 0) is 24.6 Å². The van der Waals surface area contributed by atoms with Crippen LogP contribution in [0.4, 0.5) is 0 Å². The first-order valence-corrected chi connectivity index (χ1v) is 9.11. The lowest BCUT2D eigenvalue weighted by Gasteiger charge is -2.16. The molecule has 0 spiro atoms. The van der Waals surface area contributed by atoms with E-state index in [1.165, 1.54) is 0 Å². The fourth-order valence-electron chi connectivity index (χ4n) is 2.40. The second kappa shape index (κ2) is 8.56. The summed E-state index contributed by atoms with van der Waals surface area (Å²) in [6, 6.07) is 24.8. The highest BCUT2D eigenvalue weighted by Crippen LogP contribution is 2.24. The lowest BCUT2D eigenvalue weighted by molar-refractivity contribution is 0.0800. The smallest absolute Gasteiger partial charge is 0.361 e. The molecule has 2 unspecified atom stereocenters. The molecule has 0 saturated carbocycles. The van der Waals surface area contributed by atoms with Crippen LogP contribution in [0.5, 0.6) is 5.75 Å². The summed E-state index contributed by atoms with van der Waals surface area (Å²) in [5.74, 6) is 0.130.